The van der Waals surface area contributed by atoms with Crippen molar-refractivity contribution in [2.45, 2.75) is 24.6 Å². The van der Waals surface area contributed by atoms with E-state index in [-0.39, 0.29) is 6.04 Å². The third-order valence-electron chi connectivity index (χ3n) is 2.85. The molecule has 6 heteroatoms. The summed E-state index contributed by atoms with van der Waals surface area (Å²) < 4.78 is 23.7. The Bertz CT molecular complexity index is 465. The molecule has 0 saturated heterocycles. The first-order valence-electron chi connectivity index (χ1n) is 4.81. The van der Waals surface area contributed by atoms with E-state index in [1.54, 1.807) is 32.2 Å². The zero-order valence-corrected chi connectivity index (χ0v) is 13.0. The van der Waals surface area contributed by atoms with Crippen LogP contribution in [0.4, 0.5) is 0 Å². The predicted molar refractivity (Wildman–Crippen MR) is 72.7 cm³/mol. The van der Waals surface area contributed by atoms with Crippen LogP contribution in [0.25, 0.3) is 0 Å². The van der Waals surface area contributed by atoms with Crippen molar-refractivity contribution >= 4 is 37.1 Å². The van der Waals surface area contributed by atoms with Gasteiger partial charge in [-0.25, -0.2) is 8.42 Å². The quantitative estimate of drug-likeness (QED) is 0.925. The largest absolute Gasteiger partial charge is 0.311 e. The van der Waals surface area contributed by atoms with E-state index in [0.29, 0.717) is 0 Å². The summed E-state index contributed by atoms with van der Waals surface area (Å²) in [7, 11) is -1.35. The standard InChI is InChI=1S/C10H16BrNO2S2/c1-10(2,16(4,13)14)9(12-3)8-7(11)5-6-15-8/h5-6,9,12H,1-4H3. The van der Waals surface area contributed by atoms with Crippen LogP contribution >= 0.6 is 27.3 Å². The number of rotatable bonds is 4. The molecular formula is C10H16BrNO2S2. The van der Waals surface area contributed by atoms with Crippen molar-refractivity contribution in [3.63, 3.8) is 0 Å². The Morgan fingerprint density at radius 1 is 1.50 bits per heavy atom. The molecule has 0 aliphatic heterocycles. The van der Waals surface area contributed by atoms with Crippen molar-refractivity contribution < 1.29 is 8.42 Å². The summed E-state index contributed by atoms with van der Waals surface area (Å²) >= 11 is 4.99. The van der Waals surface area contributed by atoms with Crippen LogP contribution in [0.15, 0.2) is 15.9 Å². The number of halogens is 1. The van der Waals surface area contributed by atoms with Gasteiger partial charge >= 0.3 is 0 Å². The molecule has 0 aliphatic rings. The minimum Gasteiger partial charge on any atom is -0.311 e. The lowest BCUT2D eigenvalue weighted by molar-refractivity contribution is 0.450. The maximum atomic E-state index is 11.8. The highest BCUT2D eigenvalue weighted by atomic mass is 79.9. The van der Waals surface area contributed by atoms with E-state index in [9.17, 15) is 8.42 Å². The average molecular weight is 326 g/mol. The van der Waals surface area contributed by atoms with Crippen LogP contribution in [0.3, 0.4) is 0 Å². The highest BCUT2D eigenvalue weighted by molar-refractivity contribution is 9.10. The van der Waals surface area contributed by atoms with Crippen molar-refractivity contribution in [3.05, 3.63) is 20.8 Å². The maximum Gasteiger partial charge on any atom is 0.154 e. The molecule has 0 bridgehead atoms. The predicted octanol–water partition coefficient (Wildman–Crippen LogP) is 2.59. The van der Waals surface area contributed by atoms with Gasteiger partial charge in [0, 0.05) is 15.6 Å². The molecule has 0 aliphatic carbocycles. The topological polar surface area (TPSA) is 46.2 Å². The fraction of sp³-hybridized carbons (Fsp3) is 0.600. The van der Waals surface area contributed by atoms with E-state index >= 15 is 0 Å². The fourth-order valence-electron chi connectivity index (χ4n) is 1.52. The lowest BCUT2D eigenvalue weighted by Crippen LogP contribution is -2.43. The lowest BCUT2D eigenvalue weighted by atomic mass is 10.0. The second-order valence-electron chi connectivity index (χ2n) is 4.23. The van der Waals surface area contributed by atoms with Gasteiger partial charge in [0.15, 0.2) is 9.84 Å². The lowest BCUT2D eigenvalue weighted by Gasteiger charge is -2.32. The number of thiophene rings is 1. The Labute approximate surface area is 109 Å². The number of sulfone groups is 1. The van der Waals surface area contributed by atoms with Crippen molar-refractivity contribution in [2.24, 2.45) is 0 Å². The van der Waals surface area contributed by atoms with Gasteiger partial charge in [-0.05, 0) is 48.3 Å². The monoisotopic (exact) mass is 325 g/mol. The molecule has 0 fully saturated rings. The van der Waals surface area contributed by atoms with Gasteiger partial charge in [0.05, 0.1) is 10.8 Å². The van der Waals surface area contributed by atoms with E-state index in [2.05, 4.69) is 21.2 Å². The minimum absolute atomic E-state index is 0.211. The molecule has 3 nitrogen and oxygen atoms in total. The molecule has 0 spiro atoms. The van der Waals surface area contributed by atoms with Crippen LogP contribution in [-0.4, -0.2) is 26.5 Å². The van der Waals surface area contributed by atoms with Crippen molar-refractivity contribution in [3.8, 4) is 0 Å². The van der Waals surface area contributed by atoms with Gasteiger partial charge in [-0.3, -0.25) is 0 Å². The van der Waals surface area contributed by atoms with Gasteiger partial charge in [-0.15, -0.1) is 11.3 Å². The number of nitrogens with one attached hydrogen (secondary N) is 1. The molecule has 1 rings (SSSR count). The van der Waals surface area contributed by atoms with E-state index in [4.69, 9.17) is 0 Å². The molecule has 1 N–H and O–H groups in total. The molecule has 1 aromatic heterocycles. The van der Waals surface area contributed by atoms with Crippen LogP contribution in [0.1, 0.15) is 24.8 Å². The summed E-state index contributed by atoms with van der Waals surface area (Å²) in [4.78, 5) is 1.01. The third-order valence-corrected chi connectivity index (χ3v) is 6.93. The highest BCUT2D eigenvalue weighted by Gasteiger charge is 2.40. The molecule has 0 saturated carbocycles. The molecular weight excluding hydrogens is 310 g/mol. The van der Waals surface area contributed by atoms with E-state index < -0.39 is 14.6 Å². The van der Waals surface area contributed by atoms with Crippen molar-refractivity contribution in [2.75, 3.05) is 13.3 Å². The summed E-state index contributed by atoms with van der Waals surface area (Å²) in [6, 6.07) is 1.72. The summed E-state index contributed by atoms with van der Waals surface area (Å²) in [5.41, 5.74) is 0. The van der Waals surface area contributed by atoms with Gasteiger partial charge in [0.25, 0.3) is 0 Å². The normalized spacial score (nSPS) is 15.1. The van der Waals surface area contributed by atoms with Crippen LogP contribution < -0.4 is 5.32 Å². The fourth-order valence-corrected chi connectivity index (χ4v) is 4.15. The minimum atomic E-state index is -3.13. The average Bonchev–Trinajstić information content (AvgIpc) is 2.51. The van der Waals surface area contributed by atoms with E-state index in [0.717, 1.165) is 9.35 Å². The van der Waals surface area contributed by atoms with Crippen molar-refractivity contribution in [1.29, 1.82) is 0 Å². The highest BCUT2D eigenvalue weighted by Crippen LogP contribution is 2.38. The Morgan fingerprint density at radius 3 is 2.38 bits per heavy atom. The Balaban J connectivity index is 3.24. The molecule has 1 unspecified atom stereocenters. The number of hydrogen-bond acceptors (Lipinski definition) is 4. The third kappa shape index (κ3) is 2.50. The molecule has 92 valence electrons. The maximum absolute atomic E-state index is 11.8. The molecule has 1 heterocycles. The van der Waals surface area contributed by atoms with Gasteiger partial charge in [0.2, 0.25) is 0 Å². The van der Waals surface area contributed by atoms with Gasteiger partial charge < -0.3 is 5.32 Å². The Kier molecular flexibility index (Phi) is 4.21. The molecule has 1 atom stereocenters. The molecule has 1 aromatic rings. The summed E-state index contributed by atoms with van der Waals surface area (Å²) in [5, 5.41) is 5.04. The summed E-state index contributed by atoms with van der Waals surface area (Å²) in [6.45, 7) is 3.49. The van der Waals surface area contributed by atoms with Crippen LogP contribution in [0, 0.1) is 0 Å². The SMILES string of the molecule is CNC(c1sccc1Br)C(C)(C)S(C)(=O)=O. The molecule has 0 amide bonds. The summed E-state index contributed by atoms with van der Waals surface area (Å²) in [6.07, 6.45) is 1.28. The van der Waals surface area contributed by atoms with Crippen LogP contribution in [-0.2, 0) is 9.84 Å². The Hall–Kier alpha value is 0.0900. The zero-order valence-electron chi connectivity index (χ0n) is 9.74. The smallest absolute Gasteiger partial charge is 0.154 e. The second-order valence-corrected chi connectivity index (χ2v) is 8.63. The first-order valence-corrected chi connectivity index (χ1v) is 8.38. The van der Waals surface area contributed by atoms with Crippen LogP contribution in [0.5, 0.6) is 0 Å². The van der Waals surface area contributed by atoms with Crippen LogP contribution in [0.2, 0.25) is 0 Å². The van der Waals surface area contributed by atoms with Crippen molar-refractivity contribution in [1.82, 2.24) is 5.32 Å². The van der Waals surface area contributed by atoms with E-state index in [1.807, 2.05) is 11.4 Å². The number of hydrogen-bond donors (Lipinski definition) is 1. The van der Waals surface area contributed by atoms with Gasteiger partial charge in [-0.1, -0.05) is 0 Å². The molecule has 0 aromatic carbocycles. The van der Waals surface area contributed by atoms with Gasteiger partial charge in [-0.2, -0.15) is 0 Å². The first-order chi connectivity index (χ1) is 7.21. The summed E-state index contributed by atoms with van der Waals surface area (Å²) in [5.74, 6) is 0. The zero-order chi connectivity index (χ0) is 12.6. The Morgan fingerprint density at radius 2 is 2.06 bits per heavy atom. The van der Waals surface area contributed by atoms with E-state index in [1.165, 1.54) is 6.26 Å². The molecule has 16 heavy (non-hydrogen) atoms. The molecule has 0 radical (unpaired) electrons. The van der Waals surface area contributed by atoms with Gasteiger partial charge in [0.1, 0.15) is 0 Å². The second kappa shape index (κ2) is 4.76. The first kappa shape index (κ1) is 14.2.